The largest absolute Gasteiger partial charge is 0.377 e. The molecule has 0 amide bonds. The smallest absolute Gasteiger partial charge is 0.0700 e. The summed E-state index contributed by atoms with van der Waals surface area (Å²) in [6, 6.07) is 1.47. The van der Waals surface area contributed by atoms with E-state index in [0.717, 1.165) is 36.3 Å². The Kier molecular flexibility index (Phi) is 2.52. The lowest BCUT2D eigenvalue weighted by atomic mass is 9.79. The molecular weight excluding hydrogens is 210 g/mol. The second-order valence-corrected chi connectivity index (χ2v) is 6.90. The average molecular weight is 235 g/mol. The molecular formula is C15H25NO. The van der Waals surface area contributed by atoms with Crippen LogP contribution >= 0.6 is 0 Å². The predicted octanol–water partition coefficient (Wildman–Crippen LogP) is 2.58. The van der Waals surface area contributed by atoms with Crippen molar-refractivity contribution < 1.29 is 4.74 Å². The van der Waals surface area contributed by atoms with Crippen LogP contribution in [-0.2, 0) is 4.74 Å². The van der Waals surface area contributed by atoms with E-state index in [9.17, 15) is 0 Å². The summed E-state index contributed by atoms with van der Waals surface area (Å²) < 4.78 is 5.68. The predicted molar refractivity (Wildman–Crippen MR) is 67.8 cm³/mol. The molecule has 4 rings (SSSR count). The summed E-state index contributed by atoms with van der Waals surface area (Å²) >= 11 is 0. The Bertz CT molecular complexity index is 305. The summed E-state index contributed by atoms with van der Waals surface area (Å²) in [5, 5.41) is 3.95. The molecule has 0 aromatic carbocycles. The molecule has 2 heteroatoms. The summed E-state index contributed by atoms with van der Waals surface area (Å²) in [6.45, 7) is 3.20. The van der Waals surface area contributed by atoms with Crippen LogP contribution in [0.15, 0.2) is 0 Å². The van der Waals surface area contributed by atoms with Crippen LogP contribution in [0.5, 0.6) is 0 Å². The van der Waals surface area contributed by atoms with Crippen molar-refractivity contribution in [2.24, 2.45) is 23.7 Å². The standard InChI is InChI=1S/C15H25NO/c1-9-14(5-6-17-9)16-15-8-10-7-13(15)12-4-2-3-11(10)12/h9-16H,2-8H2,1H3. The van der Waals surface area contributed by atoms with Crippen molar-refractivity contribution in [3.63, 3.8) is 0 Å². The summed E-state index contributed by atoms with van der Waals surface area (Å²) in [5.41, 5.74) is 0. The third-order valence-electron chi connectivity index (χ3n) is 6.23. The summed E-state index contributed by atoms with van der Waals surface area (Å²) in [4.78, 5) is 0. The van der Waals surface area contributed by atoms with E-state index in [2.05, 4.69) is 12.2 Å². The molecule has 0 radical (unpaired) electrons. The quantitative estimate of drug-likeness (QED) is 0.794. The maximum Gasteiger partial charge on any atom is 0.0700 e. The maximum atomic E-state index is 5.68. The van der Waals surface area contributed by atoms with Gasteiger partial charge in [-0.05, 0) is 62.7 Å². The zero-order valence-corrected chi connectivity index (χ0v) is 10.9. The highest BCUT2D eigenvalue weighted by Crippen LogP contribution is 2.58. The first-order valence-corrected chi connectivity index (χ1v) is 7.70. The minimum Gasteiger partial charge on any atom is -0.377 e. The molecule has 3 aliphatic carbocycles. The SMILES string of the molecule is CC1OCCC1NC1CC2CC1C1CCCC21. The van der Waals surface area contributed by atoms with Crippen molar-refractivity contribution in [2.45, 2.75) is 63.6 Å². The molecule has 2 bridgehead atoms. The van der Waals surface area contributed by atoms with Crippen LogP contribution in [0.25, 0.3) is 0 Å². The van der Waals surface area contributed by atoms with E-state index in [0.29, 0.717) is 12.1 Å². The number of hydrogen-bond donors (Lipinski definition) is 1. The lowest BCUT2D eigenvalue weighted by molar-refractivity contribution is 0.104. The fraction of sp³-hybridized carbons (Fsp3) is 1.00. The second kappa shape index (κ2) is 3.96. The monoisotopic (exact) mass is 235 g/mol. The molecule has 4 aliphatic rings. The number of fused-ring (bicyclic) bond motifs is 5. The average Bonchev–Trinajstić information content (AvgIpc) is 3.01. The fourth-order valence-corrected chi connectivity index (χ4v) is 5.49. The van der Waals surface area contributed by atoms with Crippen LogP contribution in [0.2, 0.25) is 0 Å². The number of hydrogen-bond acceptors (Lipinski definition) is 2. The second-order valence-electron chi connectivity index (χ2n) is 6.90. The summed E-state index contributed by atoms with van der Waals surface area (Å²) in [5.74, 6) is 4.29. The van der Waals surface area contributed by atoms with Crippen molar-refractivity contribution in [1.29, 1.82) is 0 Å². The molecule has 3 saturated carbocycles. The molecule has 1 heterocycles. The normalized spacial score (nSPS) is 56.6. The van der Waals surface area contributed by atoms with Gasteiger partial charge in [0, 0.05) is 18.7 Å². The Labute approximate surface area is 104 Å². The fourth-order valence-electron chi connectivity index (χ4n) is 5.49. The van der Waals surface area contributed by atoms with E-state index < -0.39 is 0 Å². The molecule has 17 heavy (non-hydrogen) atoms. The zero-order chi connectivity index (χ0) is 11.4. The lowest BCUT2D eigenvalue weighted by Crippen LogP contribution is -2.47. The highest BCUT2D eigenvalue weighted by atomic mass is 16.5. The van der Waals surface area contributed by atoms with Gasteiger partial charge in [0.05, 0.1) is 6.10 Å². The van der Waals surface area contributed by atoms with E-state index >= 15 is 0 Å². The first kappa shape index (κ1) is 10.8. The van der Waals surface area contributed by atoms with Crippen LogP contribution < -0.4 is 5.32 Å². The molecule has 0 aromatic rings. The van der Waals surface area contributed by atoms with Gasteiger partial charge < -0.3 is 10.1 Å². The topological polar surface area (TPSA) is 21.3 Å². The minimum absolute atomic E-state index is 0.438. The van der Waals surface area contributed by atoms with Gasteiger partial charge in [-0.25, -0.2) is 0 Å². The Balaban J connectivity index is 1.44. The van der Waals surface area contributed by atoms with Crippen molar-refractivity contribution in [1.82, 2.24) is 5.32 Å². The van der Waals surface area contributed by atoms with E-state index in [1.807, 2.05) is 0 Å². The summed E-state index contributed by atoms with van der Waals surface area (Å²) in [7, 11) is 0. The lowest BCUT2D eigenvalue weighted by Gasteiger charge is -2.34. The van der Waals surface area contributed by atoms with Crippen LogP contribution in [0.3, 0.4) is 0 Å². The van der Waals surface area contributed by atoms with Crippen molar-refractivity contribution in [2.75, 3.05) is 6.61 Å². The van der Waals surface area contributed by atoms with Gasteiger partial charge in [-0.3, -0.25) is 0 Å². The van der Waals surface area contributed by atoms with Gasteiger partial charge in [0.2, 0.25) is 0 Å². The van der Waals surface area contributed by atoms with Crippen LogP contribution in [0, 0.1) is 23.7 Å². The molecule has 1 saturated heterocycles. The molecule has 96 valence electrons. The molecule has 0 aromatic heterocycles. The van der Waals surface area contributed by atoms with Gasteiger partial charge in [-0.2, -0.15) is 0 Å². The van der Waals surface area contributed by atoms with Gasteiger partial charge >= 0.3 is 0 Å². The molecule has 7 unspecified atom stereocenters. The van der Waals surface area contributed by atoms with Crippen molar-refractivity contribution in [3.8, 4) is 0 Å². The first-order valence-electron chi connectivity index (χ1n) is 7.70. The molecule has 1 aliphatic heterocycles. The third kappa shape index (κ3) is 1.60. The van der Waals surface area contributed by atoms with Crippen LogP contribution in [0.4, 0.5) is 0 Å². The van der Waals surface area contributed by atoms with E-state index in [1.165, 1.54) is 32.1 Å². The molecule has 1 N–H and O–H groups in total. The molecule has 0 spiro atoms. The van der Waals surface area contributed by atoms with Gasteiger partial charge in [-0.1, -0.05) is 6.42 Å². The molecule has 7 atom stereocenters. The number of ether oxygens (including phenoxy) is 1. The Morgan fingerprint density at radius 2 is 1.82 bits per heavy atom. The van der Waals surface area contributed by atoms with Crippen LogP contribution in [0.1, 0.15) is 45.4 Å². The molecule has 4 fully saturated rings. The number of nitrogens with one attached hydrogen (secondary N) is 1. The minimum atomic E-state index is 0.438. The number of rotatable bonds is 2. The highest BCUT2D eigenvalue weighted by Gasteiger charge is 2.54. The van der Waals surface area contributed by atoms with E-state index in [-0.39, 0.29) is 0 Å². The van der Waals surface area contributed by atoms with Gasteiger partial charge in [0.1, 0.15) is 0 Å². The zero-order valence-electron chi connectivity index (χ0n) is 10.9. The van der Waals surface area contributed by atoms with Gasteiger partial charge in [0.25, 0.3) is 0 Å². The summed E-state index contributed by atoms with van der Waals surface area (Å²) in [6.07, 6.45) is 9.25. The molecule has 2 nitrogen and oxygen atoms in total. The Hall–Kier alpha value is -0.0800. The Morgan fingerprint density at radius 1 is 0.941 bits per heavy atom. The first-order chi connectivity index (χ1) is 8.33. The van der Waals surface area contributed by atoms with E-state index in [1.54, 1.807) is 6.42 Å². The van der Waals surface area contributed by atoms with Crippen molar-refractivity contribution in [3.05, 3.63) is 0 Å². The van der Waals surface area contributed by atoms with E-state index in [4.69, 9.17) is 4.74 Å². The van der Waals surface area contributed by atoms with Crippen molar-refractivity contribution >= 4 is 0 Å². The Morgan fingerprint density at radius 3 is 2.65 bits per heavy atom. The van der Waals surface area contributed by atoms with Gasteiger partial charge in [-0.15, -0.1) is 0 Å². The van der Waals surface area contributed by atoms with Crippen LogP contribution in [-0.4, -0.2) is 24.8 Å². The highest BCUT2D eigenvalue weighted by molar-refractivity contribution is 5.06. The van der Waals surface area contributed by atoms with Gasteiger partial charge in [0.15, 0.2) is 0 Å². The third-order valence-corrected chi connectivity index (χ3v) is 6.23. The maximum absolute atomic E-state index is 5.68.